The van der Waals surface area contributed by atoms with Gasteiger partial charge in [0.15, 0.2) is 0 Å². The molecule has 0 spiro atoms. The van der Waals surface area contributed by atoms with Crippen LogP contribution >= 0.6 is 11.6 Å². The third-order valence-corrected chi connectivity index (χ3v) is 3.49. The Bertz CT molecular complexity index is 402. The lowest BCUT2D eigenvalue weighted by atomic mass is 10.0. The molecule has 0 atom stereocenters. The maximum absolute atomic E-state index is 12.2. The molecule has 0 bridgehead atoms. The van der Waals surface area contributed by atoms with Crippen molar-refractivity contribution < 1.29 is 4.79 Å². The molecule has 1 amide bonds. The predicted octanol–water partition coefficient (Wildman–Crippen LogP) is 1.56. The number of nitrogens with zero attached hydrogens (tertiary/aromatic N) is 2. The number of amides is 1. The average Bonchev–Trinajstić information content (AvgIpc) is 2.39. The third-order valence-electron chi connectivity index (χ3n) is 3.19. The molecule has 1 N–H and O–H groups in total. The van der Waals surface area contributed by atoms with Crippen LogP contribution in [0, 0.1) is 0 Å². The Hall–Kier alpha value is -1.13. The van der Waals surface area contributed by atoms with Gasteiger partial charge >= 0.3 is 0 Å². The second-order valence-electron chi connectivity index (χ2n) is 4.21. The molecule has 1 saturated heterocycles. The maximum Gasteiger partial charge on any atom is 0.255 e. The van der Waals surface area contributed by atoms with Crippen molar-refractivity contribution in [3.8, 4) is 0 Å². The van der Waals surface area contributed by atoms with Gasteiger partial charge in [0.2, 0.25) is 0 Å². The van der Waals surface area contributed by atoms with Crippen molar-refractivity contribution in [3.63, 3.8) is 0 Å². The van der Waals surface area contributed by atoms with Crippen LogP contribution in [0.15, 0.2) is 18.5 Å². The number of pyridine rings is 1. The van der Waals surface area contributed by atoms with E-state index in [2.05, 4.69) is 10.3 Å². The first-order valence-corrected chi connectivity index (χ1v) is 6.16. The number of likely N-dealkylation sites (tertiary alicyclic amines) is 1. The molecule has 1 aromatic heterocycles. The highest BCUT2D eigenvalue weighted by atomic mass is 35.5. The van der Waals surface area contributed by atoms with E-state index >= 15 is 0 Å². The fourth-order valence-corrected chi connectivity index (χ4v) is 2.29. The minimum Gasteiger partial charge on any atom is -0.338 e. The number of hydrogen-bond acceptors (Lipinski definition) is 3. The van der Waals surface area contributed by atoms with Gasteiger partial charge in [-0.05, 0) is 26.0 Å². The predicted molar refractivity (Wildman–Crippen MR) is 67.2 cm³/mol. The molecule has 92 valence electrons. The van der Waals surface area contributed by atoms with Crippen LogP contribution in [0.5, 0.6) is 0 Å². The summed E-state index contributed by atoms with van der Waals surface area (Å²) in [6.45, 7) is 1.56. The molecule has 4 nitrogen and oxygen atoms in total. The molecular weight excluding hydrogens is 238 g/mol. The van der Waals surface area contributed by atoms with Gasteiger partial charge in [0.05, 0.1) is 10.6 Å². The zero-order valence-electron chi connectivity index (χ0n) is 9.82. The van der Waals surface area contributed by atoms with E-state index in [-0.39, 0.29) is 5.91 Å². The number of nitrogens with one attached hydrogen (secondary N) is 1. The van der Waals surface area contributed by atoms with Crippen LogP contribution in [0.3, 0.4) is 0 Å². The van der Waals surface area contributed by atoms with Crippen molar-refractivity contribution in [1.82, 2.24) is 15.2 Å². The van der Waals surface area contributed by atoms with Crippen LogP contribution in [-0.4, -0.2) is 42.0 Å². The third kappa shape index (κ3) is 2.76. The van der Waals surface area contributed by atoms with Gasteiger partial charge in [-0.1, -0.05) is 11.6 Å². The first-order valence-electron chi connectivity index (χ1n) is 5.78. The van der Waals surface area contributed by atoms with Crippen LogP contribution in [0.1, 0.15) is 23.2 Å². The van der Waals surface area contributed by atoms with Crippen molar-refractivity contribution in [2.75, 3.05) is 20.1 Å². The van der Waals surface area contributed by atoms with Crippen molar-refractivity contribution >= 4 is 17.5 Å². The highest BCUT2D eigenvalue weighted by Crippen LogP contribution is 2.18. The fourth-order valence-electron chi connectivity index (χ4n) is 2.09. The second-order valence-corrected chi connectivity index (χ2v) is 4.62. The van der Waals surface area contributed by atoms with Gasteiger partial charge < -0.3 is 10.2 Å². The number of aromatic nitrogens is 1. The van der Waals surface area contributed by atoms with Crippen LogP contribution in [0.4, 0.5) is 0 Å². The molecule has 5 heteroatoms. The van der Waals surface area contributed by atoms with Gasteiger partial charge in [0.1, 0.15) is 0 Å². The Kier molecular flexibility index (Phi) is 3.97. The number of carbonyl (C=O) groups is 1. The zero-order valence-corrected chi connectivity index (χ0v) is 10.6. The van der Waals surface area contributed by atoms with Crippen molar-refractivity contribution in [3.05, 3.63) is 29.0 Å². The average molecular weight is 254 g/mol. The highest BCUT2D eigenvalue weighted by molar-refractivity contribution is 6.33. The number of halogens is 1. The normalized spacial score (nSPS) is 17.2. The summed E-state index contributed by atoms with van der Waals surface area (Å²) in [7, 11) is 1.96. The van der Waals surface area contributed by atoms with Crippen molar-refractivity contribution in [2.45, 2.75) is 18.9 Å². The minimum atomic E-state index is 0.00644. The van der Waals surface area contributed by atoms with Crippen molar-refractivity contribution in [2.24, 2.45) is 0 Å². The largest absolute Gasteiger partial charge is 0.338 e. The fraction of sp³-hybridized carbons (Fsp3) is 0.500. The van der Waals surface area contributed by atoms with E-state index < -0.39 is 0 Å². The Balaban J connectivity index is 2.04. The molecule has 0 unspecified atom stereocenters. The highest BCUT2D eigenvalue weighted by Gasteiger charge is 2.23. The zero-order chi connectivity index (χ0) is 12.3. The molecule has 0 aliphatic carbocycles. The smallest absolute Gasteiger partial charge is 0.255 e. The summed E-state index contributed by atoms with van der Waals surface area (Å²) in [5.41, 5.74) is 0.546. The summed E-state index contributed by atoms with van der Waals surface area (Å²) >= 11 is 5.97. The SMILES string of the molecule is CNC1CCN(C(=O)c2ccncc2Cl)CC1. The minimum absolute atomic E-state index is 0.00644. The number of piperidine rings is 1. The molecule has 0 saturated carbocycles. The lowest BCUT2D eigenvalue weighted by Crippen LogP contribution is -2.44. The van der Waals surface area contributed by atoms with Crippen LogP contribution in [-0.2, 0) is 0 Å². The Morgan fingerprint density at radius 3 is 2.82 bits per heavy atom. The molecule has 1 aliphatic heterocycles. The van der Waals surface area contributed by atoms with E-state index in [1.165, 1.54) is 6.20 Å². The molecule has 0 aromatic carbocycles. The Morgan fingerprint density at radius 1 is 1.53 bits per heavy atom. The van der Waals surface area contributed by atoms with E-state index in [1.807, 2.05) is 11.9 Å². The summed E-state index contributed by atoms with van der Waals surface area (Å²) in [4.78, 5) is 18.0. The number of rotatable bonds is 2. The topological polar surface area (TPSA) is 45.2 Å². The molecule has 0 radical (unpaired) electrons. The quantitative estimate of drug-likeness (QED) is 0.870. The maximum atomic E-state index is 12.2. The summed E-state index contributed by atoms with van der Waals surface area (Å²) in [5, 5.41) is 3.66. The molecule has 2 heterocycles. The monoisotopic (exact) mass is 253 g/mol. The molecule has 1 fully saturated rings. The van der Waals surface area contributed by atoms with E-state index in [0.717, 1.165) is 25.9 Å². The summed E-state index contributed by atoms with van der Waals surface area (Å²) < 4.78 is 0. The molecule has 17 heavy (non-hydrogen) atoms. The molecule has 1 aromatic rings. The van der Waals surface area contributed by atoms with Crippen LogP contribution < -0.4 is 5.32 Å². The molecular formula is C12H16ClN3O. The van der Waals surface area contributed by atoms with Gasteiger partial charge in [-0.15, -0.1) is 0 Å². The van der Waals surface area contributed by atoms with E-state index in [9.17, 15) is 4.79 Å². The summed E-state index contributed by atoms with van der Waals surface area (Å²) in [6, 6.07) is 2.20. The Labute approximate surface area is 106 Å². The summed E-state index contributed by atoms with van der Waals surface area (Å²) in [5.74, 6) is 0.00644. The van der Waals surface area contributed by atoms with E-state index in [1.54, 1.807) is 12.3 Å². The van der Waals surface area contributed by atoms with Gasteiger partial charge in [-0.2, -0.15) is 0 Å². The van der Waals surface area contributed by atoms with Crippen molar-refractivity contribution in [1.29, 1.82) is 0 Å². The van der Waals surface area contributed by atoms with Gasteiger partial charge in [-0.25, -0.2) is 0 Å². The lowest BCUT2D eigenvalue weighted by molar-refractivity contribution is 0.0707. The van der Waals surface area contributed by atoms with Crippen LogP contribution in [0.25, 0.3) is 0 Å². The van der Waals surface area contributed by atoms with Crippen LogP contribution in [0.2, 0.25) is 5.02 Å². The standard InChI is InChI=1S/C12H16ClN3O/c1-14-9-3-6-16(7-4-9)12(17)10-2-5-15-8-11(10)13/h2,5,8-9,14H,3-4,6-7H2,1H3. The van der Waals surface area contributed by atoms with Gasteiger partial charge in [0.25, 0.3) is 5.91 Å². The first kappa shape index (κ1) is 12.3. The van der Waals surface area contributed by atoms with Gasteiger partial charge in [0, 0.05) is 31.5 Å². The Morgan fingerprint density at radius 2 is 2.24 bits per heavy atom. The second kappa shape index (κ2) is 5.47. The molecule has 2 rings (SSSR count). The first-order chi connectivity index (χ1) is 8.22. The lowest BCUT2D eigenvalue weighted by Gasteiger charge is -2.32. The number of hydrogen-bond donors (Lipinski definition) is 1. The molecule has 1 aliphatic rings. The number of carbonyl (C=O) groups excluding carboxylic acids is 1. The van der Waals surface area contributed by atoms with E-state index in [0.29, 0.717) is 16.6 Å². The summed E-state index contributed by atoms with van der Waals surface area (Å²) in [6.07, 6.45) is 5.09. The van der Waals surface area contributed by atoms with E-state index in [4.69, 9.17) is 11.6 Å². The van der Waals surface area contributed by atoms with Gasteiger partial charge in [-0.3, -0.25) is 9.78 Å².